The summed E-state index contributed by atoms with van der Waals surface area (Å²) in [5.41, 5.74) is 4.39. The lowest BCUT2D eigenvalue weighted by Gasteiger charge is -2.26. The lowest BCUT2D eigenvalue weighted by molar-refractivity contribution is 0.103. The van der Waals surface area contributed by atoms with Crippen LogP contribution in [0.25, 0.3) is 0 Å². The van der Waals surface area contributed by atoms with Gasteiger partial charge in [-0.2, -0.15) is 0 Å². The molecule has 0 amide bonds. The normalized spacial score (nSPS) is 18.5. The largest absolute Gasteiger partial charge is 0.289 e. The number of ketones is 1. The molecule has 0 saturated heterocycles. The van der Waals surface area contributed by atoms with Crippen LogP contribution in [0.15, 0.2) is 48.5 Å². The fourth-order valence-corrected chi connectivity index (χ4v) is 3.46. The van der Waals surface area contributed by atoms with Gasteiger partial charge in [0.1, 0.15) is 0 Å². The molecule has 0 atom stereocenters. The molecule has 0 N–H and O–H groups in total. The monoisotopic (exact) mass is 290 g/mol. The number of carbonyl (C=O) groups is 1. The Morgan fingerprint density at radius 3 is 1.27 bits per heavy atom. The summed E-state index contributed by atoms with van der Waals surface area (Å²) in [7, 11) is 0. The van der Waals surface area contributed by atoms with Gasteiger partial charge in [0.15, 0.2) is 5.78 Å². The number of hydrogen-bond acceptors (Lipinski definition) is 1. The SMILES string of the molecule is O=C(c1ccc(C2CCC2)cc1)c1ccc(C2CCC2)cc1. The summed E-state index contributed by atoms with van der Waals surface area (Å²) in [6.45, 7) is 0. The number of carbonyl (C=O) groups excluding carboxylic acids is 1. The van der Waals surface area contributed by atoms with Gasteiger partial charge in [-0.25, -0.2) is 0 Å². The number of hydrogen-bond donors (Lipinski definition) is 0. The Labute approximate surface area is 132 Å². The van der Waals surface area contributed by atoms with E-state index in [-0.39, 0.29) is 5.78 Å². The van der Waals surface area contributed by atoms with E-state index >= 15 is 0 Å². The molecule has 22 heavy (non-hydrogen) atoms. The van der Waals surface area contributed by atoms with E-state index in [1.54, 1.807) is 0 Å². The molecule has 1 nitrogen and oxygen atoms in total. The lowest BCUT2D eigenvalue weighted by atomic mass is 9.79. The van der Waals surface area contributed by atoms with Gasteiger partial charge < -0.3 is 0 Å². The molecule has 2 fully saturated rings. The third-order valence-corrected chi connectivity index (χ3v) is 5.50. The second-order valence-electron chi connectivity index (χ2n) is 6.83. The summed E-state index contributed by atoms with van der Waals surface area (Å²) in [5, 5.41) is 0. The second kappa shape index (κ2) is 5.72. The maximum atomic E-state index is 12.6. The summed E-state index contributed by atoms with van der Waals surface area (Å²) >= 11 is 0. The Hall–Kier alpha value is -1.89. The van der Waals surface area contributed by atoms with Gasteiger partial charge in [0.05, 0.1) is 0 Å². The molecular weight excluding hydrogens is 268 g/mol. The van der Waals surface area contributed by atoms with Crippen molar-refractivity contribution in [1.82, 2.24) is 0 Å². The standard InChI is InChI=1S/C21H22O/c22-21(19-11-7-17(8-12-19)15-3-1-4-15)20-13-9-18(10-14-20)16-5-2-6-16/h7-16H,1-6H2. The van der Waals surface area contributed by atoms with Crippen LogP contribution in [0, 0.1) is 0 Å². The maximum absolute atomic E-state index is 12.6. The summed E-state index contributed by atoms with van der Waals surface area (Å²) < 4.78 is 0. The molecule has 0 radical (unpaired) electrons. The van der Waals surface area contributed by atoms with Gasteiger partial charge in [0.2, 0.25) is 0 Å². The van der Waals surface area contributed by atoms with Crippen LogP contribution in [0.2, 0.25) is 0 Å². The molecule has 2 aromatic carbocycles. The van der Waals surface area contributed by atoms with Crippen LogP contribution in [0.5, 0.6) is 0 Å². The van der Waals surface area contributed by atoms with E-state index in [0.29, 0.717) is 0 Å². The average Bonchev–Trinajstić information content (AvgIpc) is 2.45. The van der Waals surface area contributed by atoms with Crippen molar-refractivity contribution in [3.05, 3.63) is 70.8 Å². The molecule has 2 aliphatic carbocycles. The zero-order valence-electron chi connectivity index (χ0n) is 12.9. The summed E-state index contributed by atoms with van der Waals surface area (Å²) in [4.78, 5) is 12.6. The van der Waals surface area contributed by atoms with E-state index in [1.807, 2.05) is 24.3 Å². The van der Waals surface area contributed by atoms with Gasteiger partial charge in [-0.1, -0.05) is 61.4 Å². The predicted octanol–water partition coefficient (Wildman–Crippen LogP) is 5.45. The molecular formula is C21H22O. The smallest absolute Gasteiger partial charge is 0.193 e. The minimum Gasteiger partial charge on any atom is -0.289 e. The van der Waals surface area contributed by atoms with Gasteiger partial charge in [-0.05, 0) is 48.6 Å². The highest BCUT2D eigenvalue weighted by molar-refractivity contribution is 6.09. The highest BCUT2D eigenvalue weighted by atomic mass is 16.1. The second-order valence-corrected chi connectivity index (χ2v) is 6.83. The summed E-state index contributed by atoms with van der Waals surface area (Å²) in [6.07, 6.45) is 7.90. The minimum absolute atomic E-state index is 0.139. The molecule has 0 aliphatic heterocycles. The Bertz CT molecular complexity index is 599. The molecule has 0 unspecified atom stereocenters. The van der Waals surface area contributed by atoms with Crippen molar-refractivity contribution in [2.24, 2.45) is 0 Å². The van der Waals surface area contributed by atoms with E-state index in [2.05, 4.69) is 24.3 Å². The third kappa shape index (κ3) is 2.49. The molecule has 1 heteroatoms. The molecule has 2 saturated carbocycles. The van der Waals surface area contributed by atoms with Crippen molar-refractivity contribution in [3.63, 3.8) is 0 Å². The maximum Gasteiger partial charge on any atom is 0.193 e. The Morgan fingerprint density at radius 1 is 0.636 bits per heavy atom. The van der Waals surface area contributed by atoms with Crippen molar-refractivity contribution in [2.45, 2.75) is 50.4 Å². The fourth-order valence-electron chi connectivity index (χ4n) is 3.46. The Kier molecular flexibility index (Phi) is 3.57. The Morgan fingerprint density at radius 2 is 1.00 bits per heavy atom. The highest BCUT2D eigenvalue weighted by Gasteiger charge is 2.21. The van der Waals surface area contributed by atoms with E-state index in [0.717, 1.165) is 23.0 Å². The van der Waals surface area contributed by atoms with Gasteiger partial charge in [-0.15, -0.1) is 0 Å². The van der Waals surface area contributed by atoms with Crippen molar-refractivity contribution in [2.75, 3.05) is 0 Å². The number of benzene rings is 2. The minimum atomic E-state index is 0.139. The molecule has 0 bridgehead atoms. The predicted molar refractivity (Wildman–Crippen MR) is 89.5 cm³/mol. The first kappa shape index (κ1) is 13.8. The van der Waals surface area contributed by atoms with Crippen molar-refractivity contribution in [3.8, 4) is 0 Å². The average molecular weight is 290 g/mol. The molecule has 2 aromatic rings. The van der Waals surface area contributed by atoms with Gasteiger partial charge >= 0.3 is 0 Å². The zero-order chi connectivity index (χ0) is 14.9. The van der Waals surface area contributed by atoms with Crippen LogP contribution in [-0.4, -0.2) is 5.78 Å². The molecule has 2 aliphatic rings. The van der Waals surface area contributed by atoms with Crippen molar-refractivity contribution < 1.29 is 4.79 Å². The molecule has 112 valence electrons. The van der Waals surface area contributed by atoms with Crippen LogP contribution >= 0.6 is 0 Å². The van der Waals surface area contributed by atoms with Crippen LogP contribution in [0.1, 0.15) is 77.4 Å². The van der Waals surface area contributed by atoms with Crippen molar-refractivity contribution >= 4 is 5.78 Å². The van der Waals surface area contributed by atoms with Gasteiger partial charge in [0, 0.05) is 11.1 Å². The molecule has 0 heterocycles. The van der Waals surface area contributed by atoms with E-state index in [4.69, 9.17) is 0 Å². The van der Waals surface area contributed by atoms with E-state index in [9.17, 15) is 4.79 Å². The molecule has 4 rings (SSSR count). The highest BCUT2D eigenvalue weighted by Crippen LogP contribution is 2.37. The van der Waals surface area contributed by atoms with E-state index < -0.39 is 0 Å². The molecule has 0 spiro atoms. The Balaban J connectivity index is 1.50. The first-order valence-corrected chi connectivity index (χ1v) is 8.56. The zero-order valence-corrected chi connectivity index (χ0v) is 12.9. The van der Waals surface area contributed by atoms with Crippen LogP contribution < -0.4 is 0 Å². The van der Waals surface area contributed by atoms with Crippen LogP contribution in [0.4, 0.5) is 0 Å². The van der Waals surface area contributed by atoms with Gasteiger partial charge in [0.25, 0.3) is 0 Å². The summed E-state index contributed by atoms with van der Waals surface area (Å²) in [6, 6.07) is 16.5. The first-order chi connectivity index (χ1) is 10.8. The van der Waals surface area contributed by atoms with Crippen LogP contribution in [-0.2, 0) is 0 Å². The van der Waals surface area contributed by atoms with E-state index in [1.165, 1.54) is 49.7 Å². The molecule has 0 aromatic heterocycles. The van der Waals surface area contributed by atoms with Gasteiger partial charge in [-0.3, -0.25) is 4.79 Å². The quantitative estimate of drug-likeness (QED) is 0.684. The third-order valence-electron chi connectivity index (χ3n) is 5.50. The topological polar surface area (TPSA) is 17.1 Å². The van der Waals surface area contributed by atoms with Crippen LogP contribution in [0.3, 0.4) is 0 Å². The first-order valence-electron chi connectivity index (χ1n) is 8.56. The fraction of sp³-hybridized carbons (Fsp3) is 0.381. The van der Waals surface area contributed by atoms with Crippen molar-refractivity contribution in [1.29, 1.82) is 0 Å². The number of rotatable bonds is 4. The lowest BCUT2D eigenvalue weighted by Crippen LogP contribution is -2.10. The summed E-state index contributed by atoms with van der Waals surface area (Å²) in [5.74, 6) is 1.59.